The molecule has 0 fully saturated rings. The number of aromatic nitrogens is 3. The average molecular weight is 239 g/mol. The Morgan fingerprint density at radius 2 is 2.12 bits per heavy atom. The molecule has 1 N–H and O–H groups in total. The van der Waals surface area contributed by atoms with Gasteiger partial charge in [0.2, 0.25) is 0 Å². The second-order valence-corrected chi connectivity index (χ2v) is 5.22. The Labute approximate surface area is 104 Å². The molecule has 1 rings (SSSR count). The van der Waals surface area contributed by atoms with Crippen molar-refractivity contribution in [1.29, 1.82) is 0 Å². The number of nitrogens with one attached hydrogen (secondary N) is 1. The maximum atomic E-state index is 4.03. The van der Waals surface area contributed by atoms with Gasteiger partial charge < -0.3 is 10.2 Å². The largest absolute Gasteiger partial charge is 0.307 e. The monoisotopic (exact) mass is 239 g/mol. The van der Waals surface area contributed by atoms with Crippen LogP contribution in [0.4, 0.5) is 0 Å². The van der Waals surface area contributed by atoms with Gasteiger partial charge in [-0.25, -0.2) is 0 Å². The predicted octanol–water partition coefficient (Wildman–Crippen LogP) is 1.20. The van der Waals surface area contributed by atoms with E-state index in [0.717, 1.165) is 18.7 Å². The van der Waals surface area contributed by atoms with Gasteiger partial charge in [-0.1, -0.05) is 12.1 Å². The molecule has 17 heavy (non-hydrogen) atoms. The molecule has 1 aromatic rings. The zero-order valence-corrected chi connectivity index (χ0v) is 11.9. The molecule has 0 radical (unpaired) electrons. The van der Waals surface area contributed by atoms with Crippen molar-refractivity contribution < 1.29 is 0 Å². The Bertz CT molecular complexity index is 342. The van der Waals surface area contributed by atoms with E-state index in [0.29, 0.717) is 0 Å². The highest BCUT2D eigenvalue weighted by molar-refractivity contribution is 5.10. The molecule has 5 heteroatoms. The van der Waals surface area contributed by atoms with E-state index in [1.807, 2.05) is 17.9 Å². The van der Waals surface area contributed by atoms with Crippen LogP contribution in [-0.2, 0) is 7.05 Å². The van der Waals surface area contributed by atoms with Crippen LogP contribution in [-0.4, -0.2) is 46.1 Å². The first-order valence-electron chi connectivity index (χ1n) is 6.16. The number of nitrogens with zero attached hydrogens (tertiary/aromatic N) is 4. The fourth-order valence-corrected chi connectivity index (χ4v) is 1.82. The van der Waals surface area contributed by atoms with E-state index in [1.54, 1.807) is 0 Å². The van der Waals surface area contributed by atoms with E-state index in [9.17, 15) is 0 Å². The lowest BCUT2D eigenvalue weighted by molar-refractivity contribution is 0.133. The van der Waals surface area contributed by atoms with E-state index in [-0.39, 0.29) is 11.6 Å². The van der Waals surface area contributed by atoms with E-state index >= 15 is 0 Å². The van der Waals surface area contributed by atoms with Gasteiger partial charge >= 0.3 is 0 Å². The van der Waals surface area contributed by atoms with Gasteiger partial charge in [0.1, 0.15) is 0 Å². The summed E-state index contributed by atoms with van der Waals surface area (Å²) in [4.78, 5) is 2.23. The Balaban J connectivity index is 3.00. The highest BCUT2D eigenvalue weighted by atomic mass is 15.4. The van der Waals surface area contributed by atoms with Crippen LogP contribution >= 0.6 is 0 Å². The Morgan fingerprint density at radius 3 is 2.53 bits per heavy atom. The van der Waals surface area contributed by atoms with Crippen LogP contribution < -0.4 is 5.32 Å². The predicted molar refractivity (Wildman–Crippen MR) is 69.8 cm³/mol. The molecule has 1 unspecified atom stereocenters. The van der Waals surface area contributed by atoms with Crippen molar-refractivity contribution in [3.8, 4) is 0 Å². The second kappa shape index (κ2) is 5.60. The lowest BCUT2D eigenvalue weighted by Crippen LogP contribution is -2.50. The number of hydrogen-bond acceptors (Lipinski definition) is 4. The van der Waals surface area contributed by atoms with Crippen molar-refractivity contribution in [3.63, 3.8) is 0 Å². The molecule has 1 heterocycles. The van der Waals surface area contributed by atoms with Gasteiger partial charge in [0.05, 0.1) is 17.9 Å². The van der Waals surface area contributed by atoms with Crippen LogP contribution in [0.5, 0.6) is 0 Å². The molecule has 0 aliphatic heterocycles. The summed E-state index contributed by atoms with van der Waals surface area (Å²) in [6.45, 7) is 7.63. The third-order valence-electron chi connectivity index (χ3n) is 3.50. The third kappa shape index (κ3) is 3.04. The van der Waals surface area contributed by atoms with Gasteiger partial charge in [0, 0.05) is 12.6 Å². The standard InChI is InChI=1S/C12H25N5/c1-7-8-13-11(12(2,3)16(4)5)10-9-14-15-17(10)6/h9,11,13H,7-8H2,1-6H3. The number of rotatable bonds is 6. The number of aryl methyl sites for hydroxylation is 1. The molecule has 0 saturated heterocycles. The zero-order valence-electron chi connectivity index (χ0n) is 11.9. The lowest BCUT2D eigenvalue weighted by Gasteiger charge is -2.40. The molecule has 1 atom stereocenters. The Morgan fingerprint density at radius 1 is 1.47 bits per heavy atom. The zero-order chi connectivity index (χ0) is 13.1. The first kappa shape index (κ1) is 14.1. The summed E-state index contributed by atoms with van der Waals surface area (Å²) in [5.41, 5.74) is 1.13. The molecule has 0 spiro atoms. The molecule has 0 aliphatic carbocycles. The maximum Gasteiger partial charge on any atom is 0.0771 e. The van der Waals surface area contributed by atoms with Crippen molar-refractivity contribution in [1.82, 2.24) is 25.2 Å². The fraction of sp³-hybridized carbons (Fsp3) is 0.833. The van der Waals surface area contributed by atoms with E-state index in [4.69, 9.17) is 0 Å². The van der Waals surface area contributed by atoms with Crippen LogP contribution in [0.3, 0.4) is 0 Å². The quantitative estimate of drug-likeness (QED) is 0.810. The average Bonchev–Trinajstić information content (AvgIpc) is 2.65. The Kier molecular flexibility index (Phi) is 4.65. The maximum absolute atomic E-state index is 4.03. The van der Waals surface area contributed by atoms with Gasteiger partial charge in [0.15, 0.2) is 0 Å². The summed E-state index contributed by atoms with van der Waals surface area (Å²) in [6, 6.07) is 0.220. The fourth-order valence-electron chi connectivity index (χ4n) is 1.82. The Hall–Kier alpha value is -0.940. The van der Waals surface area contributed by atoms with E-state index < -0.39 is 0 Å². The van der Waals surface area contributed by atoms with E-state index in [2.05, 4.69) is 55.4 Å². The van der Waals surface area contributed by atoms with Crippen LogP contribution in [0, 0.1) is 0 Å². The molecule has 0 saturated carbocycles. The highest BCUT2D eigenvalue weighted by Gasteiger charge is 2.34. The minimum absolute atomic E-state index is 0.00461. The molecular formula is C12H25N5. The van der Waals surface area contributed by atoms with Crippen molar-refractivity contribution in [2.24, 2.45) is 7.05 Å². The van der Waals surface area contributed by atoms with Crippen LogP contribution in [0.2, 0.25) is 0 Å². The van der Waals surface area contributed by atoms with Gasteiger partial charge in [-0.15, -0.1) is 5.10 Å². The second-order valence-electron chi connectivity index (χ2n) is 5.22. The number of likely N-dealkylation sites (N-methyl/N-ethyl adjacent to an activating group) is 1. The molecular weight excluding hydrogens is 214 g/mol. The number of hydrogen-bond donors (Lipinski definition) is 1. The topological polar surface area (TPSA) is 46.0 Å². The summed E-state index contributed by atoms with van der Waals surface area (Å²) in [5, 5.41) is 11.6. The minimum atomic E-state index is 0.00461. The minimum Gasteiger partial charge on any atom is -0.307 e. The van der Waals surface area contributed by atoms with Crippen molar-refractivity contribution >= 4 is 0 Å². The first-order chi connectivity index (χ1) is 7.91. The normalized spacial score (nSPS) is 14.3. The SMILES string of the molecule is CCCNC(c1cnnn1C)C(C)(C)N(C)C. The van der Waals surface area contributed by atoms with E-state index in [1.165, 1.54) is 0 Å². The smallest absolute Gasteiger partial charge is 0.0771 e. The van der Waals surface area contributed by atoms with Crippen molar-refractivity contribution in [2.45, 2.75) is 38.8 Å². The van der Waals surface area contributed by atoms with Gasteiger partial charge in [-0.3, -0.25) is 4.68 Å². The molecule has 0 amide bonds. The molecule has 0 aromatic carbocycles. The first-order valence-corrected chi connectivity index (χ1v) is 6.16. The summed E-state index contributed by atoms with van der Waals surface area (Å²) in [6.07, 6.45) is 2.96. The molecule has 0 bridgehead atoms. The van der Waals surface area contributed by atoms with Crippen LogP contribution in [0.25, 0.3) is 0 Å². The summed E-state index contributed by atoms with van der Waals surface area (Å²) < 4.78 is 1.85. The van der Waals surface area contributed by atoms with Gasteiger partial charge in [0.25, 0.3) is 0 Å². The highest BCUT2D eigenvalue weighted by Crippen LogP contribution is 2.28. The molecule has 98 valence electrons. The molecule has 0 aliphatic rings. The molecule has 1 aromatic heterocycles. The van der Waals surface area contributed by atoms with Crippen molar-refractivity contribution in [2.75, 3.05) is 20.6 Å². The van der Waals surface area contributed by atoms with Gasteiger partial charge in [-0.05, 0) is 40.9 Å². The lowest BCUT2D eigenvalue weighted by atomic mass is 9.90. The summed E-state index contributed by atoms with van der Waals surface area (Å²) in [5.74, 6) is 0. The van der Waals surface area contributed by atoms with Crippen LogP contribution in [0.15, 0.2) is 6.20 Å². The summed E-state index contributed by atoms with van der Waals surface area (Å²) >= 11 is 0. The third-order valence-corrected chi connectivity index (χ3v) is 3.50. The van der Waals surface area contributed by atoms with Gasteiger partial charge in [-0.2, -0.15) is 0 Å². The molecule has 5 nitrogen and oxygen atoms in total. The van der Waals surface area contributed by atoms with Crippen molar-refractivity contribution in [3.05, 3.63) is 11.9 Å². The summed E-state index contributed by atoms with van der Waals surface area (Å²) in [7, 11) is 6.14. The van der Waals surface area contributed by atoms with Crippen LogP contribution in [0.1, 0.15) is 38.9 Å².